The fourth-order valence-corrected chi connectivity index (χ4v) is 1.56. The molecular weight excluding hydrogens is 136 g/mol. The second-order valence-corrected chi connectivity index (χ2v) is 3.49. The maximum Gasteiger partial charge on any atom is 0.0465 e. The first-order chi connectivity index (χ1) is 5.43. The molecule has 0 aliphatic heterocycles. The summed E-state index contributed by atoms with van der Waals surface area (Å²) >= 11 is 0. The van der Waals surface area contributed by atoms with Gasteiger partial charge in [0.15, 0.2) is 0 Å². The molecule has 0 atom stereocenters. The first-order valence-corrected chi connectivity index (χ1v) is 5.01. The van der Waals surface area contributed by atoms with Gasteiger partial charge in [0, 0.05) is 13.2 Å². The van der Waals surface area contributed by atoms with Gasteiger partial charge in [-0.05, 0) is 19.3 Å². The van der Waals surface area contributed by atoms with Crippen LogP contribution >= 0.6 is 0 Å². The zero-order chi connectivity index (χ0) is 7.94. The van der Waals surface area contributed by atoms with Crippen molar-refractivity contribution in [3.63, 3.8) is 0 Å². The minimum atomic E-state index is 0.878. The molecule has 1 rings (SSSR count). The van der Waals surface area contributed by atoms with Gasteiger partial charge in [-0.2, -0.15) is 0 Å². The van der Waals surface area contributed by atoms with Gasteiger partial charge in [-0.15, -0.1) is 0 Å². The van der Waals surface area contributed by atoms with Crippen LogP contribution in [0.15, 0.2) is 0 Å². The summed E-state index contributed by atoms with van der Waals surface area (Å²) in [6, 6.07) is 0. The first kappa shape index (κ1) is 9.05. The van der Waals surface area contributed by atoms with Gasteiger partial charge in [0.25, 0.3) is 0 Å². The molecule has 1 nitrogen and oxygen atoms in total. The van der Waals surface area contributed by atoms with Gasteiger partial charge in [-0.3, -0.25) is 0 Å². The third-order valence-corrected chi connectivity index (χ3v) is 2.58. The van der Waals surface area contributed by atoms with Crippen molar-refractivity contribution in [3.8, 4) is 0 Å². The average molecular weight is 156 g/mol. The van der Waals surface area contributed by atoms with E-state index in [0.717, 1.165) is 19.1 Å². The van der Waals surface area contributed by atoms with Crippen LogP contribution in [0, 0.1) is 5.92 Å². The maximum atomic E-state index is 5.27. The van der Waals surface area contributed by atoms with E-state index >= 15 is 0 Å². The lowest BCUT2D eigenvalue weighted by Gasteiger charge is -2.24. The highest BCUT2D eigenvalue weighted by Crippen LogP contribution is 2.30. The lowest BCUT2D eigenvalue weighted by Crippen LogP contribution is -2.10. The van der Waals surface area contributed by atoms with Crippen LogP contribution in [0.3, 0.4) is 0 Å². The molecule has 0 heterocycles. The van der Waals surface area contributed by atoms with Crippen LogP contribution in [0.1, 0.15) is 45.4 Å². The van der Waals surface area contributed by atoms with E-state index in [-0.39, 0.29) is 0 Å². The highest BCUT2D eigenvalue weighted by Gasteiger charge is 2.15. The third-order valence-electron chi connectivity index (χ3n) is 2.58. The summed E-state index contributed by atoms with van der Waals surface area (Å²) in [6.45, 7) is 3.92. The third kappa shape index (κ3) is 3.76. The Kier molecular flexibility index (Phi) is 4.60. The molecule has 0 aromatic carbocycles. The summed E-state index contributed by atoms with van der Waals surface area (Å²) in [4.78, 5) is 0. The van der Waals surface area contributed by atoms with Crippen LogP contribution in [0.5, 0.6) is 0 Å². The summed E-state index contributed by atoms with van der Waals surface area (Å²) in [5, 5.41) is 0. The topological polar surface area (TPSA) is 9.23 Å². The van der Waals surface area contributed by atoms with E-state index in [1.807, 2.05) is 0 Å². The van der Waals surface area contributed by atoms with E-state index in [1.54, 1.807) is 0 Å². The first-order valence-electron chi connectivity index (χ1n) is 5.01. The van der Waals surface area contributed by atoms with Gasteiger partial charge >= 0.3 is 0 Å². The van der Waals surface area contributed by atoms with Gasteiger partial charge in [0.2, 0.25) is 0 Å². The van der Waals surface area contributed by atoms with E-state index in [0.29, 0.717) is 0 Å². The number of hydrogen-bond acceptors (Lipinski definition) is 1. The molecular formula is C10H20O. The Morgan fingerprint density at radius 1 is 1.27 bits per heavy atom. The van der Waals surface area contributed by atoms with Crippen LogP contribution in [0.4, 0.5) is 0 Å². The highest BCUT2D eigenvalue weighted by molar-refractivity contribution is 4.68. The summed E-state index contributed by atoms with van der Waals surface area (Å²) in [6.07, 6.45) is 8.57. The van der Waals surface area contributed by atoms with Gasteiger partial charge in [-0.1, -0.05) is 32.1 Å². The predicted molar refractivity (Wildman–Crippen MR) is 47.7 cm³/mol. The van der Waals surface area contributed by atoms with E-state index < -0.39 is 0 Å². The van der Waals surface area contributed by atoms with Crippen molar-refractivity contribution in [2.75, 3.05) is 13.2 Å². The van der Waals surface area contributed by atoms with Gasteiger partial charge < -0.3 is 4.74 Å². The smallest absolute Gasteiger partial charge is 0.0465 e. The molecule has 1 fully saturated rings. The Balaban J connectivity index is 1.73. The number of hydrogen-bond donors (Lipinski definition) is 0. The molecule has 0 saturated heterocycles. The second-order valence-electron chi connectivity index (χ2n) is 3.49. The number of unbranched alkanes of at least 4 members (excludes halogenated alkanes) is 1. The second kappa shape index (κ2) is 5.59. The van der Waals surface area contributed by atoms with E-state index in [9.17, 15) is 0 Å². The van der Waals surface area contributed by atoms with Crippen molar-refractivity contribution < 1.29 is 4.74 Å². The number of rotatable bonds is 6. The fraction of sp³-hybridized carbons (Fsp3) is 1.00. The lowest BCUT2D eigenvalue weighted by molar-refractivity contribution is 0.139. The van der Waals surface area contributed by atoms with Gasteiger partial charge in [-0.25, -0.2) is 0 Å². The van der Waals surface area contributed by atoms with Crippen LogP contribution in [-0.4, -0.2) is 13.2 Å². The van der Waals surface area contributed by atoms with E-state index in [4.69, 9.17) is 4.74 Å². The van der Waals surface area contributed by atoms with Crippen molar-refractivity contribution >= 4 is 0 Å². The van der Waals surface area contributed by atoms with Crippen molar-refractivity contribution in [1.29, 1.82) is 0 Å². The minimum absolute atomic E-state index is 0.878. The molecule has 1 heteroatoms. The quantitative estimate of drug-likeness (QED) is 0.537. The summed E-state index contributed by atoms with van der Waals surface area (Å²) in [5.41, 5.74) is 0. The van der Waals surface area contributed by atoms with Crippen LogP contribution < -0.4 is 0 Å². The SMILES string of the molecule is CCOCCCCC1CCC1. The molecule has 0 unspecified atom stereocenters. The Labute approximate surface area is 70.1 Å². The minimum Gasteiger partial charge on any atom is -0.382 e. The molecule has 0 aromatic heterocycles. The molecule has 0 spiro atoms. The van der Waals surface area contributed by atoms with E-state index in [1.165, 1.54) is 38.5 Å². The Hall–Kier alpha value is -0.0400. The standard InChI is InChI=1S/C10H20O/c1-2-11-9-4-3-6-10-7-5-8-10/h10H,2-9H2,1H3. The summed E-state index contributed by atoms with van der Waals surface area (Å²) in [5.74, 6) is 1.08. The normalized spacial score (nSPS) is 18.3. The van der Waals surface area contributed by atoms with Crippen molar-refractivity contribution in [3.05, 3.63) is 0 Å². The fourth-order valence-electron chi connectivity index (χ4n) is 1.56. The molecule has 0 amide bonds. The monoisotopic (exact) mass is 156 g/mol. The van der Waals surface area contributed by atoms with Crippen LogP contribution in [-0.2, 0) is 4.74 Å². The molecule has 0 radical (unpaired) electrons. The van der Waals surface area contributed by atoms with Crippen LogP contribution in [0.2, 0.25) is 0 Å². The van der Waals surface area contributed by atoms with Crippen molar-refractivity contribution in [2.24, 2.45) is 5.92 Å². The molecule has 0 bridgehead atoms. The molecule has 1 aliphatic carbocycles. The van der Waals surface area contributed by atoms with Crippen molar-refractivity contribution in [1.82, 2.24) is 0 Å². The van der Waals surface area contributed by atoms with Gasteiger partial charge in [0.05, 0.1) is 0 Å². The van der Waals surface area contributed by atoms with Gasteiger partial charge in [0.1, 0.15) is 0 Å². The molecule has 1 aliphatic rings. The molecule has 11 heavy (non-hydrogen) atoms. The average Bonchev–Trinajstić information content (AvgIpc) is 1.93. The Bertz CT molecular complexity index is 86.9. The maximum absolute atomic E-state index is 5.27. The molecule has 66 valence electrons. The zero-order valence-corrected chi connectivity index (χ0v) is 7.64. The molecule has 0 aromatic rings. The predicted octanol–water partition coefficient (Wildman–Crippen LogP) is 2.99. The zero-order valence-electron chi connectivity index (χ0n) is 7.64. The van der Waals surface area contributed by atoms with Crippen molar-refractivity contribution in [2.45, 2.75) is 45.4 Å². The molecule has 1 saturated carbocycles. The number of ether oxygens (including phenoxy) is 1. The molecule has 0 N–H and O–H groups in total. The van der Waals surface area contributed by atoms with Crippen LogP contribution in [0.25, 0.3) is 0 Å². The lowest BCUT2D eigenvalue weighted by atomic mass is 9.82. The van der Waals surface area contributed by atoms with E-state index in [2.05, 4.69) is 6.92 Å². The summed E-state index contributed by atoms with van der Waals surface area (Å²) < 4.78 is 5.27. The Morgan fingerprint density at radius 2 is 2.09 bits per heavy atom. The summed E-state index contributed by atoms with van der Waals surface area (Å²) in [7, 11) is 0. The largest absolute Gasteiger partial charge is 0.382 e. The highest BCUT2D eigenvalue weighted by atomic mass is 16.5. The Morgan fingerprint density at radius 3 is 2.64 bits per heavy atom.